The number of alkyl halides is 3. The first-order valence-corrected chi connectivity index (χ1v) is 8.67. The van der Waals surface area contributed by atoms with Crippen molar-refractivity contribution in [2.45, 2.75) is 25.6 Å². The van der Waals surface area contributed by atoms with Crippen LogP contribution in [0.1, 0.15) is 32.6 Å². The predicted octanol–water partition coefficient (Wildman–Crippen LogP) is 5.33. The fourth-order valence-corrected chi connectivity index (χ4v) is 3.58. The van der Waals surface area contributed by atoms with E-state index in [9.17, 15) is 18.0 Å². The molecule has 0 aliphatic carbocycles. The van der Waals surface area contributed by atoms with Crippen LogP contribution in [0.2, 0.25) is 5.02 Å². The Morgan fingerprint density at radius 1 is 1.18 bits per heavy atom. The molecule has 0 aromatic heterocycles. The van der Waals surface area contributed by atoms with Crippen LogP contribution in [-0.2, 0) is 10.4 Å². The lowest BCUT2D eigenvalue weighted by Gasteiger charge is -2.31. The number of carbonyl (C=O) groups is 1. The smallest absolute Gasteiger partial charge is 0.428 e. The number of carboxylic acids is 1. The molecular formula is C20H17ClF3NO3. The van der Waals surface area contributed by atoms with E-state index < -0.39 is 17.7 Å². The molecule has 0 spiro atoms. The van der Waals surface area contributed by atoms with E-state index in [0.29, 0.717) is 16.7 Å². The van der Waals surface area contributed by atoms with Crippen molar-refractivity contribution in [1.82, 2.24) is 5.06 Å². The highest BCUT2D eigenvalue weighted by Crippen LogP contribution is 2.50. The van der Waals surface area contributed by atoms with Gasteiger partial charge in [-0.1, -0.05) is 23.7 Å². The molecule has 1 N–H and O–H groups in total. The van der Waals surface area contributed by atoms with Crippen LogP contribution in [0.25, 0.3) is 5.70 Å². The van der Waals surface area contributed by atoms with E-state index in [0.717, 1.165) is 11.1 Å². The van der Waals surface area contributed by atoms with Gasteiger partial charge in [-0.3, -0.25) is 5.06 Å². The van der Waals surface area contributed by atoms with E-state index in [-0.39, 0.29) is 21.8 Å². The second kappa shape index (κ2) is 6.83. The van der Waals surface area contributed by atoms with Crippen molar-refractivity contribution in [2.75, 3.05) is 7.05 Å². The van der Waals surface area contributed by atoms with E-state index in [4.69, 9.17) is 21.5 Å². The second-order valence-electron chi connectivity index (χ2n) is 6.70. The van der Waals surface area contributed by atoms with Crippen molar-refractivity contribution in [1.29, 1.82) is 0 Å². The minimum Gasteiger partial charge on any atom is -0.478 e. The summed E-state index contributed by atoms with van der Waals surface area (Å²) < 4.78 is 42.5. The van der Waals surface area contributed by atoms with Crippen LogP contribution in [0.15, 0.2) is 42.5 Å². The van der Waals surface area contributed by atoms with Gasteiger partial charge in [0.1, 0.15) is 0 Å². The zero-order valence-corrected chi connectivity index (χ0v) is 16.0. The molecule has 1 unspecified atom stereocenters. The third-order valence-corrected chi connectivity index (χ3v) is 4.82. The first-order chi connectivity index (χ1) is 12.9. The number of aryl methyl sites for hydroxylation is 2. The van der Waals surface area contributed by atoms with Gasteiger partial charge in [-0.05, 0) is 55.3 Å². The average molecular weight is 412 g/mol. The Morgan fingerprint density at radius 3 is 2.39 bits per heavy atom. The van der Waals surface area contributed by atoms with E-state index in [1.807, 2.05) is 0 Å². The van der Waals surface area contributed by atoms with Crippen molar-refractivity contribution in [3.8, 4) is 0 Å². The molecule has 0 saturated carbocycles. The van der Waals surface area contributed by atoms with Crippen molar-refractivity contribution in [3.05, 3.63) is 75.3 Å². The minimum atomic E-state index is -4.75. The molecule has 0 radical (unpaired) electrons. The summed E-state index contributed by atoms with van der Waals surface area (Å²) in [4.78, 5) is 16.5. The largest absolute Gasteiger partial charge is 0.478 e. The predicted molar refractivity (Wildman–Crippen MR) is 98.9 cm³/mol. The average Bonchev–Trinajstić information content (AvgIpc) is 2.92. The van der Waals surface area contributed by atoms with Gasteiger partial charge >= 0.3 is 12.1 Å². The maximum atomic E-state index is 14.2. The SMILES string of the molecule is Cc1cc(Cl)cc(C2(C(F)(F)F)C=C(c3ccc(C(=O)O)c(C)c3)N(C)O2)c1. The molecule has 2 aromatic rings. The molecule has 28 heavy (non-hydrogen) atoms. The van der Waals surface area contributed by atoms with Gasteiger partial charge < -0.3 is 5.11 Å². The highest BCUT2D eigenvalue weighted by Gasteiger charge is 2.60. The van der Waals surface area contributed by atoms with Crippen molar-refractivity contribution >= 4 is 23.3 Å². The summed E-state index contributed by atoms with van der Waals surface area (Å²) in [6.07, 6.45) is -3.76. The summed E-state index contributed by atoms with van der Waals surface area (Å²) in [6, 6.07) is 8.51. The number of aromatic carboxylic acids is 1. The number of halogens is 4. The van der Waals surface area contributed by atoms with Gasteiger partial charge in [-0.2, -0.15) is 13.2 Å². The van der Waals surface area contributed by atoms with Crippen LogP contribution >= 0.6 is 11.6 Å². The molecule has 0 bridgehead atoms. The lowest BCUT2D eigenvalue weighted by atomic mass is 9.90. The van der Waals surface area contributed by atoms with Gasteiger partial charge in [-0.15, -0.1) is 0 Å². The zero-order valence-electron chi connectivity index (χ0n) is 15.3. The zero-order chi connectivity index (χ0) is 20.9. The number of nitrogens with zero attached hydrogens (tertiary/aromatic N) is 1. The molecule has 3 rings (SSSR count). The Balaban J connectivity index is 2.18. The molecule has 1 atom stereocenters. The number of rotatable bonds is 3. The van der Waals surface area contributed by atoms with Gasteiger partial charge in [0.25, 0.3) is 0 Å². The van der Waals surface area contributed by atoms with Gasteiger partial charge in [0.05, 0.1) is 11.3 Å². The maximum absolute atomic E-state index is 14.2. The molecule has 148 valence electrons. The number of hydrogen-bond acceptors (Lipinski definition) is 3. The Hall–Kier alpha value is -2.51. The van der Waals surface area contributed by atoms with E-state index in [2.05, 4.69) is 0 Å². The lowest BCUT2D eigenvalue weighted by molar-refractivity contribution is -0.308. The summed E-state index contributed by atoms with van der Waals surface area (Å²) in [5.74, 6) is -1.10. The van der Waals surface area contributed by atoms with E-state index in [1.54, 1.807) is 19.9 Å². The maximum Gasteiger partial charge on any atom is 0.428 e. The van der Waals surface area contributed by atoms with Gasteiger partial charge in [0, 0.05) is 23.2 Å². The minimum absolute atomic E-state index is 0.0819. The molecule has 4 nitrogen and oxygen atoms in total. The highest BCUT2D eigenvalue weighted by atomic mass is 35.5. The van der Waals surface area contributed by atoms with Crippen LogP contribution in [0, 0.1) is 13.8 Å². The molecular weight excluding hydrogens is 395 g/mol. The van der Waals surface area contributed by atoms with E-state index in [1.165, 1.54) is 37.4 Å². The Kier molecular flexibility index (Phi) is 4.93. The molecule has 0 saturated heterocycles. The van der Waals surface area contributed by atoms with E-state index >= 15 is 0 Å². The van der Waals surface area contributed by atoms with Gasteiger partial charge in [0.15, 0.2) is 0 Å². The molecule has 8 heteroatoms. The topological polar surface area (TPSA) is 49.8 Å². The second-order valence-corrected chi connectivity index (χ2v) is 7.14. The van der Waals surface area contributed by atoms with Crippen molar-refractivity contribution in [2.24, 2.45) is 0 Å². The quantitative estimate of drug-likeness (QED) is 0.741. The normalized spacial score (nSPS) is 19.7. The molecule has 0 amide bonds. The highest BCUT2D eigenvalue weighted by molar-refractivity contribution is 6.30. The van der Waals surface area contributed by atoms with Crippen LogP contribution < -0.4 is 0 Å². The van der Waals surface area contributed by atoms with Crippen LogP contribution in [-0.4, -0.2) is 29.4 Å². The molecule has 2 aromatic carbocycles. The van der Waals surface area contributed by atoms with Crippen LogP contribution in [0.5, 0.6) is 0 Å². The third-order valence-electron chi connectivity index (χ3n) is 4.60. The van der Waals surface area contributed by atoms with Gasteiger partial charge in [0.2, 0.25) is 5.60 Å². The van der Waals surface area contributed by atoms with Crippen molar-refractivity contribution in [3.63, 3.8) is 0 Å². The van der Waals surface area contributed by atoms with Crippen molar-refractivity contribution < 1.29 is 27.9 Å². The first kappa shape index (κ1) is 20.2. The first-order valence-electron chi connectivity index (χ1n) is 8.29. The summed E-state index contributed by atoms with van der Waals surface area (Å²) in [6.45, 7) is 3.23. The lowest BCUT2D eigenvalue weighted by Crippen LogP contribution is -2.42. The third kappa shape index (κ3) is 3.36. The number of carboxylic acid groups (broad SMARTS) is 1. The van der Waals surface area contributed by atoms with Gasteiger partial charge in [-0.25, -0.2) is 9.63 Å². The Bertz CT molecular complexity index is 967. The molecule has 0 fully saturated rings. The Morgan fingerprint density at radius 2 is 1.86 bits per heavy atom. The molecule has 1 aliphatic rings. The monoisotopic (exact) mass is 411 g/mol. The van der Waals surface area contributed by atoms with Crippen LogP contribution in [0.4, 0.5) is 13.2 Å². The molecule has 1 aliphatic heterocycles. The number of hydroxylamine groups is 2. The standard InChI is InChI=1S/C20H17ClF3NO3/c1-11-6-14(9-15(21)7-11)19(20(22,23)24)10-17(25(3)28-19)13-4-5-16(18(26)27)12(2)8-13/h4-10H,1-3H3,(H,26,27). The summed E-state index contributed by atoms with van der Waals surface area (Å²) in [5, 5.41) is 10.4. The number of benzene rings is 2. The summed E-state index contributed by atoms with van der Waals surface area (Å²) >= 11 is 5.99. The Labute approximate surface area is 164 Å². The van der Waals surface area contributed by atoms with Crippen LogP contribution in [0.3, 0.4) is 0 Å². The summed E-state index contributed by atoms with van der Waals surface area (Å²) in [7, 11) is 1.37. The summed E-state index contributed by atoms with van der Waals surface area (Å²) in [5.41, 5.74) is -1.16. The molecule has 1 heterocycles. The fraction of sp³-hybridized carbons (Fsp3) is 0.250. The fourth-order valence-electron chi connectivity index (χ4n) is 3.29. The number of hydrogen-bond donors (Lipinski definition) is 1.